The molecular formula is C41H68F3N5O13. The standard InChI is InChI=1S/C41H68F3N5O13/c1-39(2,3)34(47-38(55)41(42,43)44)37(54)49-25-28-32(40(28,4)5)33(49)36(53)46-29(24-27-8-10-45-35(27)52)30(50)26-62-31(51)9-12-56-14-16-58-18-20-60-22-23-61-21-19-59-17-15-57-13-11-48(6)7/h27-29,32-34H,8-26H2,1-7H3,(H,45,52)(H,46,53)(H,47,55)/t27-,28-,29-,32-,33-,34+/m0/s1. The topological polar surface area (TPSA) is 210 Å². The highest BCUT2D eigenvalue weighted by Gasteiger charge is 2.70. The molecule has 4 amide bonds. The van der Waals surface area contributed by atoms with Crippen LogP contribution in [-0.4, -0.2) is 189 Å². The van der Waals surface area contributed by atoms with E-state index < -0.39 is 77.1 Å². The normalized spacial score (nSPS) is 21.6. The van der Waals surface area contributed by atoms with Crippen molar-refractivity contribution >= 4 is 35.4 Å². The molecule has 3 aliphatic rings. The Morgan fingerprint density at radius 2 is 1.34 bits per heavy atom. The van der Waals surface area contributed by atoms with Crippen LogP contribution in [0, 0.1) is 28.6 Å². The summed E-state index contributed by atoms with van der Waals surface area (Å²) in [5, 5.41) is 7.17. The van der Waals surface area contributed by atoms with Gasteiger partial charge in [-0.2, -0.15) is 13.2 Å². The molecule has 0 radical (unpaired) electrons. The first-order chi connectivity index (χ1) is 29.2. The zero-order valence-electron chi connectivity index (χ0n) is 37.2. The van der Waals surface area contributed by atoms with Crippen LogP contribution in [0.2, 0.25) is 0 Å². The number of nitrogens with one attached hydrogen (secondary N) is 3. The van der Waals surface area contributed by atoms with Crippen molar-refractivity contribution in [2.45, 2.75) is 78.2 Å². The number of piperidine rings is 1. The Hall–Kier alpha value is -3.47. The fourth-order valence-electron chi connectivity index (χ4n) is 7.45. The minimum atomic E-state index is -5.24. The molecule has 0 bridgehead atoms. The molecule has 62 heavy (non-hydrogen) atoms. The average Bonchev–Trinajstić information content (AvgIpc) is 3.50. The van der Waals surface area contributed by atoms with Gasteiger partial charge in [-0.3, -0.25) is 28.8 Å². The highest BCUT2D eigenvalue weighted by molar-refractivity contribution is 5.97. The molecule has 0 aromatic heterocycles. The fraction of sp³-hybridized carbons (Fsp3) is 0.854. The Kier molecular flexibility index (Phi) is 21.4. The fourth-order valence-corrected chi connectivity index (χ4v) is 7.45. The molecule has 3 N–H and O–H groups in total. The Balaban J connectivity index is 1.39. The maximum absolute atomic E-state index is 14.1. The van der Waals surface area contributed by atoms with Crippen LogP contribution in [0.3, 0.4) is 0 Å². The Labute approximate surface area is 362 Å². The summed E-state index contributed by atoms with van der Waals surface area (Å²) < 4.78 is 77.6. The van der Waals surface area contributed by atoms with Crippen LogP contribution in [0.1, 0.15) is 53.9 Å². The number of likely N-dealkylation sites (tertiary alicyclic amines) is 1. The van der Waals surface area contributed by atoms with Crippen LogP contribution >= 0.6 is 0 Å². The van der Waals surface area contributed by atoms with E-state index in [-0.39, 0.29) is 57.0 Å². The summed E-state index contributed by atoms with van der Waals surface area (Å²) >= 11 is 0. The van der Waals surface area contributed by atoms with E-state index in [0.717, 1.165) is 6.54 Å². The minimum Gasteiger partial charge on any atom is -0.458 e. The first kappa shape index (κ1) is 52.9. The van der Waals surface area contributed by atoms with Crippen LogP contribution in [0.4, 0.5) is 13.2 Å². The quantitative estimate of drug-likeness (QED) is 0.0672. The lowest BCUT2D eigenvalue weighted by Gasteiger charge is -2.38. The highest BCUT2D eigenvalue weighted by atomic mass is 19.4. The maximum atomic E-state index is 14.1. The number of halogens is 3. The van der Waals surface area contributed by atoms with E-state index in [0.29, 0.717) is 72.4 Å². The molecule has 0 unspecified atom stereocenters. The number of hydrogen-bond acceptors (Lipinski definition) is 14. The molecule has 3 rings (SSSR count). The molecule has 3 fully saturated rings. The second-order valence-corrected chi connectivity index (χ2v) is 17.6. The first-order valence-electron chi connectivity index (χ1n) is 21.2. The van der Waals surface area contributed by atoms with Crippen molar-refractivity contribution in [1.82, 2.24) is 25.8 Å². The average molecular weight is 896 g/mol. The van der Waals surface area contributed by atoms with Gasteiger partial charge in [-0.05, 0) is 49.6 Å². The van der Waals surface area contributed by atoms with Crippen molar-refractivity contribution in [3.05, 3.63) is 0 Å². The summed E-state index contributed by atoms with van der Waals surface area (Å²) in [7, 11) is 3.97. The van der Waals surface area contributed by atoms with Crippen LogP contribution in [0.25, 0.3) is 0 Å². The van der Waals surface area contributed by atoms with Gasteiger partial charge in [-0.15, -0.1) is 0 Å². The monoisotopic (exact) mass is 895 g/mol. The number of amides is 4. The summed E-state index contributed by atoms with van der Waals surface area (Å²) in [6.45, 7) is 13.4. The van der Waals surface area contributed by atoms with Crippen LogP contribution < -0.4 is 16.0 Å². The van der Waals surface area contributed by atoms with Crippen molar-refractivity contribution < 1.29 is 75.1 Å². The largest absolute Gasteiger partial charge is 0.471 e. The molecule has 2 aliphatic heterocycles. The number of alkyl halides is 3. The summed E-state index contributed by atoms with van der Waals surface area (Å²) in [4.78, 5) is 81.6. The molecule has 2 heterocycles. The van der Waals surface area contributed by atoms with Crippen molar-refractivity contribution in [2.24, 2.45) is 28.6 Å². The Morgan fingerprint density at radius 3 is 1.81 bits per heavy atom. The van der Waals surface area contributed by atoms with E-state index in [2.05, 4.69) is 10.6 Å². The number of rotatable bonds is 30. The van der Waals surface area contributed by atoms with Gasteiger partial charge in [0.05, 0.1) is 91.7 Å². The number of carbonyl (C=O) groups excluding carboxylic acids is 6. The lowest BCUT2D eigenvalue weighted by molar-refractivity contribution is -0.176. The van der Waals surface area contributed by atoms with E-state index in [4.69, 9.17) is 33.2 Å². The van der Waals surface area contributed by atoms with Gasteiger partial charge in [0.1, 0.15) is 12.1 Å². The molecule has 0 aromatic rings. The summed E-state index contributed by atoms with van der Waals surface area (Å²) in [5.74, 6) is -6.81. The predicted molar refractivity (Wildman–Crippen MR) is 215 cm³/mol. The maximum Gasteiger partial charge on any atom is 0.471 e. The molecule has 18 nitrogen and oxygen atoms in total. The van der Waals surface area contributed by atoms with Gasteiger partial charge >= 0.3 is 18.1 Å². The van der Waals surface area contributed by atoms with Crippen LogP contribution in [0.5, 0.6) is 0 Å². The molecule has 0 spiro atoms. The van der Waals surface area contributed by atoms with Crippen molar-refractivity contribution in [3.8, 4) is 0 Å². The second-order valence-electron chi connectivity index (χ2n) is 17.6. The van der Waals surface area contributed by atoms with E-state index in [1.165, 1.54) is 25.7 Å². The third kappa shape index (κ3) is 17.2. The minimum absolute atomic E-state index is 0.0112. The molecule has 2 saturated heterocycles. The molecule has 1 saturated carbocycles. The van der Waals surface area contributed by atoms with E-state index in [1.54, 1.807) is 0 Å². The zero-order chi connectivity index (χ0) is 46.1. The first-order valence-corrected chi connectivity index (χ1v) is 21.2. The van der Waals surface area contributed by atoms with Gasteiger partial charge in [0.25, 0.3) is 0 Å². The van der Waals surface area contributed by atoms with Crippen molar-refractivity contribution in [2.75, 3.05) is 120 Å². The summed E-state index contributed by atoms with van der Waals surface area (Å²) in [5.41, 5.74) is -1.56. The SMILES string of the molecule is CN(C)CCOCCOCCOCCOCCOCCOCCC(=O)OCC(=O)[C@H](C[C@@H]1CCNC1=O)NC(=O)[C@@H]1[C@@H]2[C@H](CN1C(=O)[C@@H](NC(=O)C(F)(F)F)C(C)(C)C)C2(C)C. The zero-order valence-corrected chi connectivity index (χ0v) is 37.2. The third-order valence-electron chi connectivity index (χ3n) is 11.2. The molecule has 1 aliphatic carbocycles. The number of ether oxygens (including phenoxy) is 7. The van der Waals surface area contributed by atoms with Gasteiger partial charge in [0.15, 0.2) is 12.4 Å². The number of nitrogens with zero attached hydrogens (tertiary/aromatic N) is 2. The van der Waals surface area contributed by atoms with Crippen molar-refractivity contribution in [1.29, 1.82) is 0 Å². The third-order valence-corrected chi connectivity index (χ3v) is 11.2. The smallest absolute Gasteiger partial charge is 0.458 e. The number of ketones is 1. The molecule has 0 aromatic carbocycles. The Bertz CT molecular complexity index is 1480. The second kappa shape index (κ2) is 25.1. The van der Waals surface area contributed by atoms with Gasteiger partial charge < -0.3 is 58.9 Å². The van der Waals surface area contributed by atoms with Crippen molar-refractivity contribution in [3.63, 3.8) is 0 Å². The lowest BCUT2D eigenvalue weighted by atomic mass is 9.85. The van der Waals surface area contributed by atoms with Gasteiger partial charge in [0, 0.05) is 25.6 Å². The number of Topliss-reactive ketones (excluding diaryl/α,β-unsaturated/α-hetero) is 1. The van der Waals surface area contributed by atoms with E-state index in [1.807, 2.05) is 38.2 Å². The number of hydrogen-bond donors (Lipinski definition) is 3. The van der Waals surface area contributed by atoms with Gasteiger partial charge in [-0.1, -0.05) is 34.6 Å². The summed E-state index contributed by atoms with van der Waals surface area (Å²) in [6, 6.07) is -4.08. The Morgan fingerprint density at radius 1 is 0.823 bits per heavy atom. The van der Waals surface area contributed by atoms with E-state index in [9.17, 15) is 41.9 Å². The van der Waals surface area contributed by atoms with Gasteiger partial charge in [0.2, 0.25) is 17.7 Å². The lowest BCUT2D eigenvalue weighted by Crippen LogP contribution is -2.61. The number of esters is 1. The van der Waals surface area contributed by atoms with Crippen LogP contribution in [-0.2, 0) is 61.9 Å². The highest BCUT2D eigenvalue weighted by Crippen LogP contribution is 2.65. The van der Waals surface area contributed by atoms with Crippen LogP contribution in [0.15, 0.2) is 0 Å². The number of carbonyl (C=O) groups is 6. The molecule has 356 valence electrons. The number of fused-ring (bicyclic) bond motifs is 1. The van der Waals surface area contributed by atoms with Gasteiger partial charge in [-0.25, -0.2) is 0 Å². The molecule has 21 heteroatoms. The van der Waals surface area contributed by atoms with E-state index >= 15 is 0 Å². The number of likely N-dealkylation sites (N-methyl/N-ethyl adjacent to an activating group) is 1. The predicted octanol–water partition coefficient (Wildman–Crippen LogP) is 0.737. The molecule has 6 atom stereocenters. The summed E-state index contributed by atoms with van der Waals surface area (Å²) in [6.07, 6.45) is -5.13. The molecular weight excluding hydrogens is 827 g/mol.